The molecule has 8 nitrogen and oxygen atoms in total. The molecule has 0 saturated heterocycles. The number of carbonyl (C=O) groups excluding carboxylic acids is 2. The van der Waals surface area contributed by atoms with Gasteiger partial charge in [0.05, 0.1) is 26.0 Å². The van der Waals surface area contributed by atoms with Gasteiger partial charge in [0.1, 0.15) is 9.88 Å². The number of nitrogens with zero attached hydrogens (tertiary/aromatic N) is 2. The van der Waals surface area contributed by atoms with E-state index in [0.717, 1.165) is 23.4 Å². The van der Waals surface area contributed by atoms with Crippen LogP contribution in [0.4, 0.5) is 5.00 Å². The van der Waals surface area contributed by atoms with Gasteiger partial charge in [-0.2, -0.15) is 5.10 Å². The molecular weight excluding hydrogens is 376 g/mol. The third kappa shape index (κ3) is 4.38. The predicted octanol–water partition coefficient (Wildman–Crippen LogP) is 2.33. The predicted molar refractivity (Wildman–Crippen MR) is 103 cm³/mol. The second-order valence-corrected chi connectivity index (χ2v) is 6.68. The normalized spacial score (nSPS) is 10.3. The Kier molecular flexibility index (Phi) is 6.70. The van der Waals surface area contributed by atoms with Gasteiger partial charge in [-0.05, 0) is 31.6 Å². The molecule has 2 aromatic rings. The standard InChI is InChI=1S/C16H20N4O4S2/c1-5-20-8-10(7-18-20)6-17-16(25)19-13-11(14(21)23-3)9(2)12(26-13)15(22)24-4/h7-8H,5-6H2,1-4H3,(H2,17,19,25). The summed E-state index contributed by atoms with van der Waals surface area (Å²) in [7, 11) is 2.57. The Morgan fingerprint density at radius 1 is 1.31 bits per heavy atom. The van der Waals surface area contributed by atoms with Crippen molar-refractivity contribution in [3.8, 4) is 0 Å². The number of carbonyl (C=O) groups is 2. The average Bonchev–Trinajstić information content (AvgIpc) is 3.23. The SMILES string of the molecule is CCn1cc(CNC(=S)Nc2sc(C(=O)OC)c(C)c2C(=O)OC)cn1. The molecule has 0 amide bonds. The topological polar surface area (TPSA) is 94.5 Å². The minimum Gasteiger partial charge on any atom is -0.465 e. The van der Waals surface area contributed by atoms with E-state index in [4.69, 9.17) is 21.7 Å². The number of anilines is 1. The van der Waals surface area contributed by atoms with Crippen LogP contribution in [0.15, 0.2) is 12.4 Å². The van der Waals surface area contributed by atoms with Gasteiger partial charge in [-0.1, -0.05) is 0 Å². The molecule has 2 N–H and O–H groups in total. The summed E-state index contributed by atoms with van der Waals surface area (Å²) in [6, 6.07) is 0. The minimum atomic E-state index is -0.552. The van der Waals surface area contributed by atoms with E-state index in [-0.39, 0.29) is 5.56 Å². The van der Waals surface area contributed by atoms with Crippen LogP contribution in [0.25, 0.3) is 0 Å². The summed E-state index contributed by atoms with van der Waals surface area (Å²) >= 11 is 6.38. The highest BCUT2D eigenvalue weighted by Crippen LogP contribution is 2.34. The molecule has 0 aliphatic rings. The first-order valence-electron chi connectivity index (χ1n) is 7.77. The van der Waals surface area contributed by atoms with Crippen LogP contribution in [0.1, 0.15) is 38.1 Å². The lowest BCUT2D eigenvalue weighted by Gasteiger charge is -2.09. The van der Waals surface area contributed by atoms with E-state index in [0.29, 0.717) is 27.1 Å². The lowest BCUT2D eigenvalue weighted by molar-refractivity contribution is 0.0601. The maximum absolute atomic E-state index is 12.1. The highest BCUT2D eigenvalue weighted by atomic mass is 32.1. The van der Waals surface area contributed by atoms with Crippen molar-refractivity contribution in [3.63, 3.8) is 0 Å². The Balaban J connectivity index is 2.14. The van der Waals surface area contributed by atoms with Gasteiger partial charge in [0, 0.05) is 24.8 Å². The summed E-state index contributed by atoms with van der Waals surface area (Å²) in [5, 5.41) is 10.9. The number of aryl methyl sites for hydroxylation is 1. The first-order valence-corrected chi connectivity index (χ1v) is 8.99. The van der Waals surface area contributed by atoms with E-state index >= 15 is 0 Å². The Bertz CT molecular complexity index is 828. The molecule has 0 aromatic carbocycles. The first-order chi connectivity index (χ1) is 12.4. The lowest BCUT2D eigenvalue weighted by atomic mass is 10.1. The summed E-state index contributed by atoms with van der Waals surface area (Å²) in [6.45, 7) is 4.93. The van der Waals surface area contributed by atoms with Crippen molar-refractivity contribution in [2.45, 2.75) is 26.9 Å². The number of aromatic nitrogens is 2. The fraction of sp³-hybridized carbons (Fsp3) is 0.375. The maximum atomic E-state index is 12.1. The summed E-state index contributed by atoms with van der Waals surface area (Å²) in [5.41, 5.74) is 1.73. The molecule has 0 aliphatic heterocycles. The number of thiophene rings is 1. The Labute approximate surface area is 160 Å². The fourth-order valence-corrected chi connectivity index (χ4v) is 3.59. The number of methoxy groups -OCH3 is 2. The van der Waals surface area contributed by atoms with Crippen LogP contribution < -0.4 is 10.6 Å². The molecule has 0 saturated carbocycles. The largest absolute Gasteiger partial charge is 0.465 e. The van der Waals surface area contributed by atoms with E-state index in [1.54, 1.807) is 13.1 Å². The van der Waals surface area contributed by atoms with E-state index < -0.39 is 11.9 Å². The molecule has 26 heavy (non-hydrogen) atoms. The smallest absolute Gasteiger partial charge is 0.348 e. The molecule has 2 aromatic heterocycles. The van der Waals surface area contributed by atoms with Crippen molar-refractivity contribution >= 4 is 45.6 Å². The molecule has 10 heteroatoms. The number of hydrogen-bond acceptors (Lipinski definition) is 7. The maximum Gasteiger partial charge on any atom is 0.348 e. The number of nitrogens with one attached hydrogen (secondary N) is 2. The van der Waals surface area contributed by atoms with Crippen molar-refractivity contribution in [2.75, 3.05) is 19.5 Å². The van der Waals surface area contributed by atoms with Crippen LogP contribution in [0, 0.1) is 6.92 Å². The zero-order chi connectivity index (χ0) is 19.3. The van der Waals surface area contributed by atoms with Gasteiger partial charge in [0.25, 0.3) is 0 Å². The average molecular weight is 396 g/mol. The minimum absolute atomic E-state index is 0.265. The van der Waals surface area contributed by atoms with E-state index in [1.807, 2.05) is 17.8 Å². The van der Waals surface area contributed by atoms with Crippen LogP contribution in [0.3, 0.4) is 0 Å². The summed E-state index contributed by atoms with van der Waals surface area (Å²) < 4.78 is 11.4. The van der Waals surface area contributed by atoms with Crippen molar-refractivity contribution in [1.29, 1.82) is 0 Å². The van der Waals surface area contributed by atoms with Crippen LogP contribution in [-0.4, -0.2) is 41.1 Å². The van der Waals surface area contributed by atoms with Gasteiger partial charge in [-0.25, -0.2) is 9.59 Å². The monoisotopic (exact) mass is 396 g/mol. The first kappa shape index (κ1) is 19.9. The molecule has 0 atom stereocenters. The van der Waals surface area contributed by atoms with Gasteiger partial charge in [0.15, 0.2) is 5.11 Å². The molecule has 140 valence electrons. The molecule has 0 spiro atoms. The van der Waals surface area contributed by atoms with Crippen molar-refractivity contribution in [2.24, 2.45) is 0 Å². The van der Waals surface area contributed by atoms with Gasteiger partial charge in [-0.3, -0.25) is 4.68 Å². The summed E-state index contributed by atoms with van der Waals surface area (Å²) in [4.78, 5) is 24.3. The number of esters is 2. The third-order valence-electron chi connectivity index (χ3n) is 3.60. The molecule has 2 rings (SSSR count). The van der Waals surface area contributed by atoms with E-state index in [9.17, 15) is 9.59 Å². The van der Waals surface area contributed by atoms with Gasteiger partial charge < -0.3 is 20.1 Å². The molecule has 0 unspecified atom stereocenters. The second-order valence-electron chi connectivity index (χ2n) is 5.26. The molecule has 0 fully saturated rings. The van der Waals surface area contributed by atoms with Gasteiger partial charge in [0.2, 0.25) is 0 Å². The zero-order valence-electron chi connectivity index (χ0n) is 14.9. The highest BCUT2D eigenvalue weighted by Gasteiger charge is 2.26. The van der Waals surface area contributed by atoms with E-state index in [2.05, 4.69) is 15.7 Å². The van der Waals surface area contributed by atoms with Gasteiger partial charge in [-0.15, -0.1) is 11.3 Å². The van der Waals surface area contributed by atoms with Crippen LogP contribution in [0.2, 0.25) is 0 Å². The van der Waals surface area contributed by atoms with Crippen molar-refractivity contribution < 1.29 is 19.1 Å². The van der Waals surface area contributed by atoms with Crippen molar-refractivity contribution in [1.82, 2.24) is 15.1 Å². The zero-order valence-corrected chi connectivity index (χ0v) is 16.5. The molecule has 0 radical (unpaired) electrons. The van der Waals surface area contributed by atoms with Gasteiger partial charge >= 0.3 is 11.9 Å². The number of ether oxygens (including phenoxy) is 2. The quantitative estimate of drug-likeness (QED) is 0.568. The molecule has 0 bridgehead atoms. The Hall–Kier alpha value is -2.46. The summed E-state index contributed by atoms with van der Waals surface area (Å²) in [6.07, 6.45) is 3.67. The fourth-order valence-electron chi connectivity index (χ4n) is 2.24. The highest BCUT2D eigenvalue weighted by molar-refractivity contribution is 7.80. The van der Waals surface area contributed by atoms with E-state index in [1.165, 1.54) is 14.2 Å². The number of rotatable bonds is 6. The molecular formula is C16H20N4O4S2. The lowest BCUT2D eigenvalue weighted by Crippen LogP contribution is -2.28. The molecule has 0 aliphatic carbocycles. The summed E-state index contributed by atoms with van der Waals surface area (Å²) in [5.74, 6) is -1.07. The Morgan fingerprint density at radius 2 is 2.00 bits per heavy atom. The number of hydrogen-bond donors (Lipinski definition) is 2. The number of thiocarbonyl (C=S) groups is 1. The van der Waals surface area contributed by atoms with Crippen LogP contribution in [0.5, 0.6) is 0 Å². The van der Waals surface area contributed by atoms with Crippen LogP contribution in [-0.2, 0) is 22.6 Å². The second kappa shape index (κ2) is 8.77. The molecule has 2 heterocycles. The Morgan fingerprint density at radius 3 is 2.58 bits per heavy atom. The van der Waals surface area contributed by atoms with Crippen molar-refractivity contribution in [3.05, 3.63) is 34.0 Å². The third-order valence-corrected chi connectivity index (χ3v) is 5.03. The van der Waals surface area contributed by atoms with Crippen LogP contribution >= 0.6 is 23.6 Å².